The molecular weight excluding hydrogens is 152 g/mol. The molecule has 0 aromatic carbocycles. The van der Waals surface area contributed by atoms with Crippen molar-refractivity contribution in [2.45, 2.75) is 20.3 Å². The van der Waals surface area contributed by atoms with Gasteiger partial charge in [0.05, 0.1) is 6.42 Å². The molecule has 0 saturated carbocycles. The zero-order valence-corrected chi connectivity index (χ0v) is 7.45. The smallest absolute Gasteiger partial charge is 0.307 e. The molecule has 0 radical (unpaired) electrons. The van der Waals surface area contributed by atoms with Crippen molar-refractivity contribution < 1.29 is 9.90 Å². The third-order valence-electron chi connectivity index (χ3n) is 1.24. The molecule has 0 saturated heterocycles. The number of aliphatic carboxylic acids is 1. The van der Waals surface area contributed by atoms with Crippen LogP contribution in [-0.2, 0) is 4.79 Å². The van der Waals surface area contributed by atoms with Gasteiger partial charge in [-0.1, -0.05) is 30.4 Å². The van der Waals surface area contributed by atoms with Gasteiger partial charge in [-0.05, 0) is 19.4 Å². The monoisotopic (exact) mass is 166 g/mol. The first-order valence-electron chi connectivity index (χ1n) is 3.87. The summed E-state index contributed by atoms with van der Waals surface area (Å²) in [4.78, 5) is 10.3. The van der Waals surface area contributed by atoms with Crippen molar-refractivity contribution in [2.75, 3.05) is 0 Å². The normalized spacial score (nSPS) is 13.0. The Labute approximate surface area is 72.9 Å². The average Bonchev–Trinajstić information content (AvgIpc) is 2.00. The van der Waals surface area contributed by atoms with Crippen molar-refractivity contribution in [2.24, 2.45) is 0 Å². The molecule has 0 amide bonds. The van der Waals surface area contributed by atoms with E-state index < -0.39 is 5.97 Å². The summed E-state index contributed by atoms with van der Waals surface area (Å²) in [5.74, 6) is -0.802. The highest BCUT2D eigenvalue weighted by Gasteiger charge is 1.97. The van der Waals surface area contributed by atoms with Gasteiger partial charge < -0.3 is 5.11 Å². The first kappa shape index (κ1) is 10.7. The highest BCUT2D eigenvalue weighted by Crippen LogP contribution is 2.03. The predicted octanol–water partition coefficient (Wildman–Crippen LogP) is 2.54. The van der Waals surface area contributed by atoms with Crippen LogP contribution in [0.15, 0.2) is 36.0 Å². The van der Waals surface area contributed by atoms with E-state index in [1.54, 1.807) is 12.2 Å². The minimum absolute atomic E-state index is 0.0781. The van der Waals surface area contributed by atoms with Gasteiger partial charge in [-0.2, -0.15) is 0 Å². The molecule has 2 heteroatoms. The summed E-state index contributed by atoms with van der Waals surface area (Å²) in [5.41, 5.74) is 0.808. The van der Waals surface area contributed by atoms with E-state index in [9.17, 15) is 4.79 Å². The van der Waals surface area contributed by atoms with Crippen molar-refractivity contribution in [1.82, 2.24) is 0 Å². The molecule has 0 aliphatic heterocycles. The van der Waals surface area contributed by atoms with E-state index in [1.807, 2.05) is 32.1 Å². The molecule has 0 aliphatic carbocycles. The summed E-state index contributed by atoms with van der Waals surface area (Å²) in [6.45, 7) is 3.76. The van der Waals surface area contributed by atoms with E-state index >= 15 is 0 Å². The van der Waals surface area contributed by atoms with Crippen molar-refractivity contribution in [3.05, 3.63) is 36.0 Å². The van der Waals surface area contributed by atoms with Crippen LogP contribution in [0, 0.1) is 0 Å². The highest BCUT2D eigenvalue weighted by atomic mass is 16.4. The maximum atomic E-state index is 10.3. The second-order valence-corrected chi connectivity index (χ2v) is 2.34. The fourth-order valence-corrected chi connectivity index (χ4v) is 0.782. The van der Waals surface area contributed by atoms with Gasteiger partial charge in [0.25, 0.3) is 0 Å². The van der Waals surface area contributed by atoms with Crippen LogP contribution in [0.5, 0.6) is 0 Å². The van der Waals surface area contributed by atoms with Crippen LogP contribution < -0.4 is 0 Å². The van der Waals surface area contributed by atoms with E-state index in [1.165, 1.54) is 0 Å². The standard InChI is InChI=1S/C10H14O2/c1-3-5-7-9(6-4-2)8-10(11)12/h3-7H,8H2,1-2H3,(H,11,12)/b5-3-,6-4-,9-7+. The minimum Gasteiger partial charge on any atom is -0.481 e. The second kappa shape index (κ2) is 6.40. The van der Waals surface area contributed by atoms with Gasteiger partial charge in [-0.3, -0.25) is 4.79 Å². The molecule has 0 unspecified atom stereocenters. The lowest BCUT2D eigenvalue weighted by Crippen LogP contribution is -1.95. The summed E-state index contributed by atoms with van der Waals surface area (Å²) in [5, 5.41) is 8.51. The number of rotatable bonds is 4. The predicted molar refractivity (Wildman–Crippen MR) is 50.0 cm³/mol. The lowest BCUT2D eigenvalue weighted by atomic mass is 10.1. The molecule has 0 aromatic heterocycles. The number of carbonyl (C=O) groups is 1. The van der Waals surface area contributed by atoms with Crippen molar-refractivity contribution in [3.8, 4) is 0 Å². The van der Waals surface area contributed by atoms with Gasteiger partial charge in [0.15, 0.2) is 0 Å². The third kappa shape index (κ3) is 5.47. The molecule has 0 spiro atoms. The second-order valence-electron chi connectivity index (χ2n) is 2.34. The van der Waals surface area contributed by atoms with Crippen LogP contribution >= 0.6 is 0 Å². The van der Waals surface area contributed by atoms with Gasteiger partial charge in [-0.25, -0.2) is 0 Å². The zero-order chi connectivity index (χ0) is 9.40. The van der Waals surface area contributed by atoms with Crippen molar-refractivity contribution in [1.29, 1.82) is 0 Å². The molecule has 0 rings (SSSR count). The Morgan fingerprint density at radius 1 is 1.33 bits per heavy atom. The molecule has 2 nitrogen and oxygen atoms in total. The van der Waals surface area contributed by atoms with Crippen molar-refractivity contribution in [3.63, 3.8) is 0 Å². The molecule has 1 N–H and O–H groups in total. The van der Waals surface area contributed by atoms with Crippen LogP contribution in [-0.4, -0.2) is 11.1 Å². The molecule has 0 fully saturated rings. The lowest BCUT2D eigenvalue weighted by molar-refractivity contribution is -0.136. The number of hydrogen-bond donors (Lipinski definition) is 1. The Bertz CT molecular complexity index is 222. The van der Waals surface area contributed by atoms with E-state index in [2.05, 4.69) is 0 Å². The first-order valence-corrected chi connectivity index (χ1v) is 3.87. The summed E-state index contributed by atoms with van der Waals surface area (Å²) < 4.78 is 0. The van der Waals surface area contributed by atoms with E-state index in [-0.39, 0.29) is 6.42 Å². The first-order chi connectivity index (χ1) is 5.70. The van der Waals surface area contributed by atoms with Gasteiger partial charge >= 0.3 is 5.97 Å². The Kier molecular flexibility index (Phi) is 5.70. The molecular formula is C10H14O2. The largest absolute Gasteiger partial charge is 0.481 e. The number of allylic oxidation sites excluding steroid dienone is 5. The van der Waals surface area contributed by atoms with Gasteiger partial charge in [-0.15, -0.1) is 0 Å². The fourth-order valence-electron chi connectivity index (χ4n) is 0.782. The fraction of sp³-hybridized carbons (Fsp3) is 0.300. The van der Waals surface area contributed by atoms with Crippen LogP contribution in [0.25, 0.3) is 0 Å². The SMILES string of the molecule is C\C=C/C=C(\C=C/C)CC(=O)O. The summed E-state index contributed by atoms with van der Waals surface area (Å²) in [6, 6.07) is 0. The Hall–Kier alpha value is -1.31. The highest BCUT2D eigenvalue weighted by molar-refractivity contribution is 5.71. The summed E-state index contributed by atoms with van der Waals surface area (Å²) >= 11 is 0. The molecule has 0 aliphatic rings. The molecule has 66 valence electrons. The van der Waals surface area contributed by atoms with Crippen molar-refractivity contribution >= 4 is 5.97 Å². The van der Waals surface area contributed by atoms with Crippen LogP contribution in [0.2, 0.25) is 0 Å². The lowest BCUT2D eigenvalue weighted by Gasteiger charge is -1.94. The molecule has 0 aromatic rings. The zero-order valence-electron chi connectivity index (χ0n) is 7.45. The van der Waals surface area contributed by atoms with Crippen LogP contribution in [0.4, 0.5) is 0 Å². The van der Waals surface area contributed by atoms with E-state index in [4.69, 9.17) is 5.11 Å². The Morgan fingerprint density at radius 2 is 2.00 bits per heavy atom. The quantitative estimate of drug-likeness (QED) is 0.651. The third-order valence-corrected chi connectivity index (χ3v) is 1.24. The minimum atomic E-state index is -0.802. The van der Waals surface area contributed by atoms with E-state index in [0.717, 1.165) is 5.57 Å². The van der Waals surface area contributed by atoms with E-state index in [0.29, 0.717) is 0 Å². The van der Waals surface area contributed by atoms with Gasteiger partial charge in [0.2, 0.25) is 0 Å². The summed E-state index contributed by atoms with van der Waals surface area (Å²) in [7, 11) is 0. The van der Waals surface area contributed by atoms with Gasteiger partial charge in [0.1, 0.15) is 0 Å². The number of carboxylic acid groups (broad SMARTS) is 1. The maximum absolute atomic E-state index is 10.3. The van der Waals surface area contributed by atoms with Gasteiger partial charge in [0, 0.05) is 0 Å². The van der Waals surface area contributed by atoms with Crippen LogP contribution in [0.1, 0.15) is 20.3 Å². The molecule has 12 heavy (non-hydrogen) atoms. The maximum Gasteiger partial charge on any atom is 0.307 e. The molecule has 0 heterocycles. The van der Waals surface area contributed by atoms with Crippen LogP contribution in [0.3, 0.4) is 0 Å². The average molecular weight is 166 g/mol. The number of carboxylic acids is 1. The molecule has 0 atom stereocenters. The summed E-state index contributed by atoms with van der Waals surface area (Å²) in [6.07, 6.45) is 9.21. The Balaban J connectivity index is 4.32. The molecule has 0 bridgehead atoms. The topological polar surface area (TPSA) is 37.3 Å². The Morgan fingerprint density at radius 3 is 2.42 bits per heavy atom. The number of hydrogen-bond acceptors (Lipinski definition) is 1.